The van der Waals surface area contributed by atoms with E-state index in [1.54, 1.807) is 0 Å². The minimum atomic E-state index is 0.200. The SMILES string of the molecule is CCCOc1nc(N)nc(N(CC(C)C)C(C)C)n1. The normalized spacial score (nSPS) is 11.1. The van der Waals surface area contributed by atoms with E-state index in [1.165, 1.54) is 0 Å². The summed E-state index contributed by atoms with van der Waals surface area (Å²) in [5, 5.41) is 0. The van der Waals surface area contributed by atoms with Crippen LogP contribution < -0.4 is 15.4 Å². The van der Waals surface area contributed by atoms with Crippen LogP contribution in [-0.4, -0.2) is 34.1 Å². The second-order valence-corrected chi connectivity index (χ2v) is 5.26. The zero-order chi connectivity index (χ0) is 14.4. The summed E-state index contributed by atoms with van der Waals surface area (Å²) in [6.07, 6.45) is 0.904. The molecule has 2 N–H and O–H groups in total. The minimum Gasteiger partial charge on any atom is -0.463 e. The largest absolute Gasteiger partial charge is 0.463 e. The Hall–Kier alpha value is -1.59. The summed E-state index contributed by atoms with van der Waals surface area (Å²) in [6.45, 7) is 12.0. The molecule has 6 heteroatoms. The number of rotatable bonds is 7. The van der Waals surface area contributed by atoms with Crippen molar-refractivity contribution in [1.29, 1.82) is 0 Å². The van der Waals surface area contributed by atoms with Crippen molar-refractivity contribution >= 4 is 11.9 Å². The maximum absolute atomic E-state index is 5.73. The molecule has 0 amide bonds. The van der Waals surface area contributed by atoms with Gasteiger partial charge in [0, 0.05) is 12.6 Å². The Labute approximate surface area is 115 Å². The van der Waals surface area contributed by atoms with Crippen molar-refractivity contribution in [1.82, 2.24) is 15.0 Å². The monoisotopic (exact) mass is 267 g/mol. The number of anilines is 2. The first-order valence-electron chi connectivity index (χ1n) is 6.85. The van der Waals surface area contributed by atoms with Crippen LogP contribution in [0.3, 0.4) is 0 Å². The maximum Gasteiger partial charge on any atom is 0.323 e. The molecule has 0 bridgehead atoms. The third kappa shape index (κ3) is 4.89. The molecule has 0 radical (unpaired) electrons. The highest BCUT2D eigenvalue weighted by atomic mass is 16.5. The number of nitrogens with two attached hydrogens (primary N) is 1. The van der Waals surface area contributed by atoms with Gasteiger partial charge in [-0.25, -0.2) is 0 Å². The van der Waals surface area contributed by atoms with E-state index in [9.17, 15) is 0 Å². The summed E-state index contributed by atoms with van der Waals surface area (Å²) < 4.78 is 5.44. The van der Waals surface area contributed by atoms with Gasteiger partial charge in [-0.2, -0.15) is 15.0 Å². The van der Waals surface area contributed by atoms with Crippen LogP contribution in [0.5, 0.6) is 6.01 Å². The summed E-state index contributed by atoms with van der Waals surface area (Å²) in [4.78, 5) is 14.7. The van der Waals surface area contributed by atoms with E-state index in [0.29, 0.717) is 30.5 Å². The van der Waals surface area contributed by atoms with E-state index in [2.05, 4.69) is 47.5 Å². The molecule has 0 aromatic carbocycles. The van der Waals surface area contributed by atoms with Crippen molar-refractivity contribution in [3.05, 3.63) is 0 Å². The molecule has 0 saturated carbocycles. The Balaban J connectivity index is 2.98. The highest BCUT2D eigenvalue weighted by molar-refractivity contribution is 5.36. The maximum atomic E-state index is 5.73. The summed E-state index contributed by atoms with van der Waals surface area (Å²) >= 11 is 0. The van der Waals surface area contributed by atoms with Gasteiger partial charge in [0.05, 0.1) is 6.61 Å². The van der Waals surface area contributed by atoms with Crippen LogP contribution in [0.1, 0.15) is 41.0 Å². The predicted octanol–water partition coefficient (Wildman–Crippen LogP) is 2.11. The van der Waals surface area contributed by atoms with Gasteiger partial charge in [-0.3, -0.25) is 0 Å². The van der Waals surface area contributed by atoms with Crippen molar-refractivity contribution in [2.45, 2.75) is 47.1 Å². The molecule has 1 aromatic rings. The summed E-state index contributed by atoms with van der Waals surface area (Å²) in [7, 11) is 0. The Morgan fingerprint density at radius 3 is 2.37 bits per heavy atom. The molecule has 6 nitrogen and oxygen atoms in total. The summed E-state index contributed by atoms with van der Waals surface area (Å²) in [5.74, 6) is 1.30. The van der Waals surface area contributed by atoms with Gasteiger partial charge in [0.1, 0.15) is 0 Å². The molecule has 0 aliphatic rings. The molecular formula is C13H25N5O. The van der Waals surface area contributed by atoms with E-state index in [-0.39, 0.29) is 5.95 Å². The van der Waals surface area contributed by atoms with Gasteiger partial charge in [-0.15, -0.1) is 0 Å². The number of hydrogen-bond donors (Lipinski definition) is 1. The fourth-order valence-corrected chi connectivity index (χ4v) is 1.66. The predicted molar refractivity (Wildman–Crippen MR) is 77.3 cm³/mol. The minimum absolute atomic E-state index is 0.200. The number of ether oxygens (including phenoxy) is 1. The third-order valence-electron chi connectivity index (χ3n) is 2.50. The number of nitrogens with zero attached hydrogens (tertiary/aromatic N) is 4. The van der Waals surface area contributed by atoms with Crippen molar-refractivity contribution in [2.24, 2.45) is 5.92 Å². The molecule has 1 aromatic heterocycles. The molecule has 0 saturated heterocycles. The van der Waals surface area contributed by atoms with E-state index in [4.69, 9.17) is 10.5 Å². The van der Waals surface area contributed by atoms with Gasteiger partial charge in [-0.05, 0) is 26.2 Å². The Bertz CT molecular complexity index is 395. The van der Waals surface area contributed by atoms with Gasteiger partial charge >= 0.3 is 6.01 Å². The molecule has 0 unspecified atom stereocenters. The smallest absolute Gasteiger partial charge is 0.323 e. The molecule has 1 rings (SSSR count). The third-order valence-corrected chi connectivity index (χ3v) is 2.50. The van der Waals surface area contributed by atoms with Crippen molar-refractivity contribution in [3.8, 4) is 6.01 Å². The molecule has 0 aliphatic carbocycles. The fraction of sp³-hybridized carbons (Fsp3) is 0.769. The number of nitrogen functional groups attached to an aromatic ring is 1. The van der Waals surface area contributed by atoms with Crippen LogP contribution in [-0.2, 0) is 0 Å². The van der Waals surface area contributed by atoms with Gasteiger partial charge in [-0.1, -0.05) is 20.8 Å². The number of hydrogen-bond acceptors (Lipinski definition) is 6. The lowest BCUT2D eigenvalue weighted by Gasteiger charge is -2.28. The zero-order valence-corrected chi connectivity index (χ0v) is 12.6. The molecule has 0 fully saturated rings. The van der Waals surface area contributed by atoms with Crippen molar-refractivity contribution in [2.75, 3.05) is 23.8 Å². The standard InChI is InChI=1S/C13H25N5O/c1-6-7-19-13-16-11(14)15-12(17-13)18(10(4)5)8-9(2)3/h9-10H,6-8H2,1-5H3,(H2,14,15,16,17). The average Bonchev–Trinajstić information content (AvgIpc) is 2.32. The molecule has 0 aliphatic heterocycles. The Kier molecular flexibility index (Phi) is 5.79. The van der Waals surface area contributed by atoms with Crippen LogP contribution in [0.4, 0.5) is 11.9 Å². The quantitative estimate of drug-likeness (QED) is 0.815. The highest BCUT2D eigenvalue weighted by Gasteiger charge is 2.17. The first kappa shape index (κ1) is 15.5. The van der Waals surface area contributed by atoms with Crippen molar-refractivity contribution in [3.63, 3.8) is 0 Å². The topological polar surface area (TPSA) is 77.2 Å². The lowest BCUT2D eigenvalue weighted by molar-refractivity contribution is 0.291. The van der Waals surface area contributed by atoms with Gasteiger partial charge in [0.2, 0.25) is 11.9 Å². The Morgan fingerprint density at radius 2 is 1.84 bits per heavy atom. The second-order valence-electron chi connectivity index (χ2n) is 5.26. The molecule has 0 spiro atoms. The second kappa shape index (κ2) is 7.11. The van der Waals surface area contributed by atoms with E-state index >= 15 is 0 Å². The van der Waals surface area contributed by atoms with Crippen LogP contribution in [0.2, 0.25) is 0 Å². The lowest BCUT2D eigenvalue weighted by Crippen LogP contribution is -2.35. The fourth-order valence-electron chi connectivity index (χ4n) is 1.66. The van der Waals surface area contributed by atoms with Gasteiger partial charge < -0.3 is 15.4 Å². The van der Waals surface area contributed by atoms with Crippen LogP contribution in [0.15, 0.2) is 0 Å². The van der Waals surface area contributed by atoms with E-state index in [1.807, 2.05) is 6.92 Å². The zero-order valence-electron chi connectivity index (χ0n) is 12.6. The summed E-state index contributed by atoms with van der Waals surface area (Å²) in [5.41, 5.74) is 5.73. The lowest BCUT2D eigenvalue weighted by atomic mass is 10.2. The first-order valence-corrected chi connectivity index (χ1v) is 6.85. The summed E-state index contributed by atoms with van der Waals surface area (Å²) in [6, 6.07) is 0.599. The molecule has 0 atom stereocenters. The molecule has 108 valence electrons. The molecule has 1 heterocycles. The Morgan fingerprint density at radius 1 is 1.16 bits per heavy atom. The molecular weight excluding hydrogens is 242 g/mol. The van der Waals surface area contributed by atoms with Crippen molar-refractivity contribution < 1.29 is 4.74 Å². The van der Waals surface area contributed by atoms with Crippen LogP contribution in [0.25, 0.3) is 0 Å². The number of aromatic nitrogens is 3. The van der Waals surface area contributed by atoms with Crippen LogP contribution >= 0.6 is 0 Å². The van der Waals surface area contributed by atoms with E-state index in [0.717, 1.165) is 13.0 Å². The van der Waals surface area contributed by atoms with Gasteiger partial charge in [0.25, 0.3) is 0 Å². The first-order chi connectivity index (χ1) is 8.93. The van der Waals surface area contributed by atoms with Gasteiger partial charge in [0.15, 0.2) is 0 Å². The van der Waals surface area contributed by atoms with Crippen LogP contribution in [0, 0.1) is 5.92 Å². The average molecular weight is 267 g/mol. The molecule has 19 heavy (non-hydrogen) atoms. The highest BCUT2D eigenvalue weighted by Crippen LogP contribution is 2.17. The van der Waals surface area contributed by atoms with E-state index < -0.39 is 0 Å².